The van der Waals surface area contributed by atoms with E-state index in [9.17, 15) is 9.59 Å². The van der Waals surface area contributed by atoms with Crippen molar-refractivity contribution in [1.29, 1.82) is 0 Å². The molecule has 1 aromatic carbocycles. The van der Waals surface area contributed by atoms with Gasteiger partial charge in [0.15, 0.2) is 5.78 Å². The standard InChI is InChI=1S/C25H25ClN2O3/c1-3-11-31-25(30)22-15(2)28-20-12-18(16-6-8-19(26)9-7-16)13-21(29)24(20)23(22)17-5-4-10-27-14-17/h4-10,14,18,22-23H,3,11-13H2,1-2H3. The van der Waals surface area contributed by atoms with Crippen LogP contribution in [0.4, 0.5) is 0 Å². The lowest BCUT2D eigenvalue weighted by molar-refractivity contribution is -0.146. The zero-order chi connectivity index (χ0) is 22.0. The number of benzene rings is 1. The number of pyridine rings is 1. The van der Waals surface area contributed by atoms with Gasteiger partial charge in [-0.3, -0.25) is 19.6 Å². The maximum absolute atomic E-state index is 13.4. The summed E-state index contributed by atoms with van der Waals surface area (Å²) in [4.78, 5) is 35.4. The second-order valence-electron chi connectivity index (χ2n) is 8.10. The normalized spacial score (nSPS) is 23.3. The number of halogens is 1. The molecule has 2 heterocycles. The summed E-state index contributed by atoms with van der Waals surface area (Å²) in [5.74, 6) is -1.32. The minimum absolute atomic E-state index is 0.0274. The summed E-state index contributed by atoms with van der Waals surface area (Å²) in [5, 5.41) is 0.669. The highest BCUT2D eigenvalue weighted by atomic mass is 35.5. The van der Waals surface area contributed by atoms with Crippen LogP contribution in [0.25, 0.3) is 0 Å². The summed E-state index contributed by atoms with van der Waals surface area (Å²) in [5.41, 5.74) is 3.98. The molecule has 3 atom stereocenters. The van der Waals surface area contributed by atoms with Gasteiger partial charge >= 0.3 is 5.97 Å². The molecule has 2 aromatic rings. The molecule has 0 saturated carbocycles. The fourth-order valence-electron chi connectivity index (χ4n) is 4.55. The van der Waals surface area contributed by atoms with Gasteiger partial charge in [0.2, 0.25) is 0 Å². The molecule has 6 heteroatoms. The molecule has 2 aliphatic rings. The monoisotopic (exact) mass is 436 g/mol. The fraction of sp³-hybridized carbons (Fsp3) is 0.360. The first-order valence-corrected chi connectivity index (χ1v) is 11.0. The third kappa shape index (κ3) is 4.33. The Labute approximate surface area is 187 Å². The molecule has 0 saturated heterocycles. The van der Waals surface area contributed by atoms with Crippen LogP contribution in [0, 0.1) is 5.92 Å². The largest absolute Gasteiger partial charge is 0.465 e. The molecule has 1 aromatic heterocycles. The first-order chi connectivity index (χ1) is 15.0. The van der Waals surface area contributed by atoms with Crippen LogP contribution < -0.4 is 0 Å². The Morgan fingerprint density at radius 3 is 2.61 bits per heavy atom. The number of carbonyl (C=O) groups is 2. The van der Waals surface area contributed by atoms with Crippen molar-refractivity contribution in [3.05, 3.63) is 76.2 Å². The van der Waals surface area contributed by atoms with Crippen LogP contribution in [0.15, 0.2) is 65.1 Å². The molecular weight excluding hydrogens is 412 g/mol. The van der Waals surface area contributed by atoms with Crippen LogP contribution in [0.5, 0.6) is 0 Å². The number of Topliss-reactive ketones (excluding diaryl/α,β-unsaturated/α-hetero) is 1. The summed E-state index contributed by atoms with van der Waals surface area (Å²) in [6.07, 6.45) is 5.18. The van der Waals surface area contributed by atoms with E-state index in [0.29, 0.717) is 35.8 Å². The Morgan fingerprint density at radius 1 is 1.16 bits per heavy atom. The van der Waals surface area contributed by atoms with Crippen LogP contribution >= 0.6 is 11.6 Å². The van der Waals surface area contributed by atoms with Gasteiger partial charge in [-0.25, -0.2) is 0 Å². The van der Waals surface area contributed by atoms with Crippen LogP contribution in [-0.4, -0.2) is 29.1 Å². The smallest absolute Gasteiger partial charge is 0.315 e. The molecule has 0 bridgehead atoms. The quantitative estimate of drug-likeness (QED) is 0.599. The molecule has 31 heavy (non-hydrogen) atoms. The molecular formula is C25H25ClN2O3. The van der Waals surface area contributed by atoms with E-state index in [4.69, 9.17) is 21.3 Å². The average molecular weight is 437 g/mol. The molecule has 1 aliphatic carbocycles. The topological polar surface area (TPSA) is 68.6 Å². The summed E-state index contributed by atoms with van der Waals surface area (Å²) >= 11 is 6.03. The van der Waals surface area contributed by atoms with Crippen molar-refractivity contribution in [1.82, 2.24) is 4.98 Å². The summed E-state index contributed by atoms with van der Waals surface area (Å²) < 4.78 is 5.48. The first kappa shape index (κ1) is 21.4. The highest BCUT2D eigenvalue weighted by Gasteiger charge is 2.44. The number of ketones is 1. The Kier molecular flexibility index (Phi) is 6.33. The molecule has 0 amide bonds. The van der Waals surface area contributed by atoms with Crippen molar-refractivity contribution in [2.45, 2.75) is 44.9 Å². The van der Waals surface area contributed by atoms with Crippen LogP contribution in [-0.2, 0) is 14.3 Å². The van der Waals surface area contributed by atoms with Crippen LogP contribution in [0.2, 0.25) is 5.02 Å². The van der Waals surface area contributed by atoms with E-state index in [2.05, 4.69) is 4.98 Å². The molecule has 5 nitrogen and oxygen atoms in total. The Balaban J connectivity index is 1.75. The highest BCUT2D eigenvalue weighted by molar-refractivity contribution is 6.30. The Morgan fingerprint density at radius 2 is 1.94 bits per heavy atom. The van der Waals surface area contributed by atoms with Gasteiger partial charge in [-0.15, -0.1) is 0 Å². The second kappa shape index (κ2) is 9.15. The minimum Gasteiger partial charge on any atom is -0.465 e. The third-order valence-electron chi connectivity index (χ3n) is 5.98. The summed E-state index contributed by atoms with van der Waals surface area (Å²) in [6, 6.07) is 11.4. The van der Waals surface area contributed by atoms with Crippen molar-refractivity contribution < 1.29 is 14.3 Å². The van der Waals surface area contributed by atoms with Crippen molar-refractivity contribution >= 4 is 29.1 Å². The van der Waals surface area contributed by atoms with Crippen LogP contribution in [0.1, 0.15) is 56.1 Å². The van der Waals surface area contributed by atoms with Gasteiger partial charge in [0.1, 0.15) is 5.92 Å². The fourth-order valence-corrected chi connectivity index (χ4v) is 4.67. The molecule has 0 fully saturated rings. The summed E-state index contributed by atoms with van der Waals surface area (Å²) in [7, 11) is 0. The van der Waals surface area contributed by atoms with Gasteiger partial charge in [0.05, 0.1) is 6.61 Å². The van der Waals surface area contributed by atoms with Gasteiger partial charge < -0.3 is 4.74 Å². The molecule has 4 rings (SSSR count). The summed E-state index contributed by atoms with van der Waals surface area (Å²) in [6.45, 7) is 4.15. The van der Waals surface area contributed by atoms with E-state index < -0.39 is 11.8 Å². The van der Waals surface area contributed by atoms with E-state index in [1.165, 1.54) is 0 Å². The SMILES string of the molecule is CCCOC(=O)C1C(C)=NC2=C(C(=O)CC(c3ccc(Cl)cc3)C2)C1c1cccnc1. The second-order valence-corrected chi connectivity index (χ2v) is 8.54. The van der Waals surface area contributed by atoms with Gasteiger partial charge in [0, 0.05) is 46.7 Å². The highest BCUT2D eigenvalue weighted by Crippen LogP contribution is 2.46. The number of esters is 1. The Bertz CT molecular complexity index is 1040. The lowest BCUT2D eigenvalue weighted by Crippen LogP contribution is -2.38. The Hall–Kier alpha value is -2.79. The number of aliphatic imine (C=N–C) groups is 1. The lowest BCUT2D eigenvalue weighted by Gasteiger charge is -2.36. The van der Waals surface area contributed by atoms with Gasteiger partial charge in [-0.1, -0.05) is 36.7 Å². The van der Waals surface area contributed by atoms with E-state index in [1.807, 2.05) is 50.2 Å². The van der Waals surface area contributed by atoms with E-state index in [-0.39, 0.29) is 17.7 Å². The number of aromatic nitrogens is 1. The number of ether oxygens (including phenoxy) is 1. The van der Waals surface area contributed by atoms with Crippen molar-refractivity contribution in [2.75, 3.05) is 6.61 Å². The van der Waals surface area contributed by atoms with Crippen LogP contribution in [0.3, 0.4) is 0 Å². The zero-order valence-electron chi connectivity index (χ0n) is 17.7. The number of nitrogens with zero attached hydrogens (tertiary/aromatic N) is 2. The molecule has 3 unspecified atom stereocenters. The number of hydrogen-bond acceptors (Lipinski definition) is 5. The van der Waals surface area contributed by atoms with Crippen molar-refractivity contribution in [3.8, 4) is 0 Å². The predicted octanol–water partition coefficient (Wildman–Crippen LogP) is 5.26. The van der Waals surface area contributed by atoms with E-state index >= 15 is 0 Å². The van der Waals surface area contributed by atoms with Crippen molar-refractivity contribution in [3.63, 3.8) is 0 Å². The minimum atomic E-state index is -0.620. The number of carbonyl (C=O) groups excluding carboxylic acids is 2. The van der Waals surface area contributed by atoms with E-state index in [1.54, 1.807) is 12.4 Å². The zero-order valence-corrected chi connectivity index (χ0v) is 18.4. The maximum Gasteiger partial charge on any atom is 0.315 e. The first-order valence-electron chi connectivity index (χ1n) is 10.6. The molecule has 0 radical (unpaired) electrons. The number of hydrogen-bond donors (Lipinski definition) is 0. The van der Waals surface area contributed by atoms with E-state index in [0.717, 1.165) is 23.2 Å². The third-order valence-corrected chi connectivity index (χ3v) is 6.23. The number of allylic oxidation sites excluding steroid dienone is 2. The molecule has 1 aliphatic heterocycles. The molecule has 0 spiro atoms. The molecule has 160 valence electrons. The maximum atomic E-state index is 13.4. The number of rotatable bonds is 5. The van der Waals surface area contributed by atoms with Gasteiger partial charge in [-0.05, 0) is 55.0 Å². The van der Waals surface area contributed by atoms with Gasteiger partial charge in [-0.2, -0.15) is 0 Å². The van der Waals surface area contributed by atoms with Crippen molar-refractivity contribution in [2.24, 2.45) is 10.9 Å². The predicted molar refractivity (Wildman–Crippen MR) is 120 cm³/mol. The van der Waals surface area contributed by atoms with Gasteiger partial charge in [0.25, 0.3) is 0 Å². The molecule has 0 N–H and O–H groups in total. The average Bonchev–Trinajstić information content (AvgIpc) is 2.77. The lowest BCUT2D eigenvalue weighted by atomic mass is 9.69.